The van der Waals surface area contributed by atoms with Crippen molar-refractivity contribution in [2.75, 3.05) is 11.0 Å². The van der Waals surface area contributed by atoms with Gasteiger partial charge in [0.25, 0.3) is 0 Å². The fourth-order valence-corrected chi connectivity index (χ4v) is 3.44. The predicted molar refractivity (Wildman–Crippen MR) is 82.5 cm³/mol. The van der Waals surface area contributed by atoms with Gasteiger partial charge < -0.3 is 0 Å². The Morgan fingerprint density at radius 3 is 2.65 bits per heavy atom. The maximum atomic E-state index is 11.9. The quantitative estimate of drug-likeness (QED) is 0.407. The van der Waals surface area contributed by atoms with E-state index in [4.69, 9.17) is 11.6 Å². The summed E-state index contributed by atoms with van der Waals surface area (Å²) in [6.45, 7) is 0.464. The van der Waals surface area contributed by atoms with Crippen LogP contribution in [-0.4, -0.2) is 19.4 Å². The van der Waals surface area contributed by atoms with Gasteiger partial charge in [-0.15, -0.1) is 0 Å². The molecule has 1 rings (SSSR count). The molecule has 0 aliphatic carbocycles. The van der Waals surface area contributed by atoms with Gasteiger partial charge >= 0.3 is 0 Å². The molecule has 17 heavy (non-hydrogen) atoms. The molecule has 3 nitrogen and oxygen atoms in total. The summed E-state index contributed by atoms with van der Waals surface area (Å²) in [5, 5.41) is 0.494. The molecule has 0 saturated carbocycles. The number of nitrogens with one attached hydrogen (secondary N) is 1. The number of unbranched alkanes of at least 4 members (excludes halogenated alkanes) is 1. The number of halogens is 3. The summed E-state index contributed by atoms with van der Waals surface area (Å²) >= 11 is 11.3. The molecular formula is C10H12BrClINO2S. The van der Waals surface area contributed by atoms with E-state index in [1.54, 1.807) is 6.07 Å². The molecule has 0 saturated heterocycles. The smallest absolute Gasteiger partial charge is 0.211 e. The third kappa shape index (κ3) is 5.02. The Hall–Kier alpha value is 0.630. The maximum Gasteiger partial charge on any atom is 0.240 e. The highest BCUT2D eigenvalue weighted by Crippen LogP contribution is 2.25. The maximum absolute atomic E-state index is 11.9. The number of hydrogen-bond acceptors (Lipinski definition) is 2. The minimum absolute atomic E-state index is 0.225. The van der Waals surface area contributed by atoms with E-state index in [0.717, 1.165) is 17.3 Å². The van der Waals surface area contributed by atoms with Crippen LogP contribution in [0.5, 0.6) is 0 Å². The fraction of sp³-hybridized carbons (Fsp3) is 0.400. The number of sulfonamides is 1. The van der Waals surface area contributed by atoms with E-state index in [1.807, 2.05) is 0 Å². The first kappa shape index (κ1) is 15.7. The highest BCUT2D eigenvalue weighted by Gasteiger charge is 2.14. The van der Waals surface area contributed by atoms with E-state index < -0.39 is 10.0 Å². The summed E-state index contributed by atoms with van der Waals surface area (Å²) in [4.78, 5) is 0.225. The predicted octanol–water partition coefficient (Wildman–Crippen LogP) is 3.60. The van der Waals surface area contributed by atoms with Crippen molar-refractivity contribution in [3.8, 4) is 0 Å². The van der Waals surface area contributed by atoms with Crippen LogP contribution in [0.15, 0.2) is 27.6 Å². The highest BCUT2D eigenvalue weighted by atomic mass is 127. The van der Waals surface area contributed by atoms with Crippen molar-refractivity contribution >= 4 is 60.1 Å². The molecular weight excluding hydrogens is 440 g/mol. The SMILES string of the molecule is O=S(=O)(NCCCCI)c1ccc(Cl)c(Br)c1. The zero-order valence-corrected chi connectivity index (χ0v) is 14.2. The summed E-state index contributed by atoms with van der Waals surface area (Å²) in [5.74, 6) is 0. The lowest BCUT2D eigenvalue weighted by Gasteiger charge is -2.07. The summed E-state index contributed by atoms with van der Waals surface area (Å²) in [5.41, 5.74) is 0. The summed E-state index contributed by atoms with van der Waals surface area (Å²) in [7, 11) is -3.42. The first-order valence-electron chi connectivity index (χ1n) is 4.98. The van der Waals surface area contributed by atoms with Crippen molar-refractivity contribution in [2.45, 2.75) is 17.7 Å². The molecule has 1 aromatic rings. The standard InChI is InChI=1S/C10H12BrClINO2S/c11-9-7-8(3-4-10(9)12)17(15,16)14-6-2-1-5-13/h3-4,7,14H,1-2,5-6H2. The molecule has 0 atom stereocenters. The fourth-order valence-electron chi connectivity index (χ4n) is 1.15. The van der Waals surface area contributed by atoms with Crippen molar-refractivity contribution in [3.63, 3.8) is 0 Å². The third-order valence-corrected chi connectivity index (χ3v) is 5.49. The van der Waals surface area contributed by atoms with Crippen LogP contribution in [0, 0.1) is 0 Å². The van der Waals surface area contributed by atoms with E-state index in [0.29, 0.717) is 16.0 Å². The van der Waals surface area contributed by atoms with Crippen molar-refractivity contribution in [1.29, 1.82) is 0 Å². The van der Waals surface area contributed by atoms with Gasteiger partial charge in [-0.25, -0.2) is 13.1 Å². The van der Waals surface area contributed by atoms with Gasteiger partial charge in [0.2, 0.25) is 10.0 Å². The molecule has 0 bridgehead atoms. The van der Waals surface area contributed by atoms with Crippen LogP contribution in [0.25, 0.3) is 0 Å². The average Bonchev–Trinajstić information content (AvgIpc) is 2.28. The van der Waals surface area contributed by atoms with Crippen molar-refractivity contribution < 1.29 is 8.42 Å². The van der Waals surface area contributed by atoms with Crippen LogP contribution in [0.1, 0.15) is 12.8 Å². The lowest BCUT2D eigenvalue weighted by Crippen LogP contribution is -2.24. The van der Waals surface area contributed by atoms with Gasteiger partial charge in [0, 0.05) is 11.0 Å². The second kappa shape index (κ2) is 7.28. The molecule has 0 unspecified atom stereocenters. The van der Waals surface area contributed by atoms with Crippen LogP contribution < -0.4 is 4.72 Å². The largest absolute Gasteiger partial charge is 0.240 e. The second-order valence-corrected chi connectivity index (χ2v) is 7.48. The first-order chi connectivity index (χ1) is 7.97. The van der Waals surface area contributed by atoms with Gasteiger partial charge in [0.1, 0.15) is 0 Å². The molecule has 1 aromatic carbocycles. The minimum atomic E-state index is -3.42. The Bertz CT molecular complexity index is 481. The number of rotatable bonds is 6. The van der Waals surface area contributed by atoms with Gasteiger partial charge in [-0.05, 0) is 51.4 Å². The van der Waals surface area contributed by atoms with E-state index in [9.17, 15) is 8.42 Å². The number of hydrogen-bond donors (Lipinski definition) is 1. The second-order valence-electron chi connectivity index (χ2n) is 3.37. The first-order valence-corrected chi connectivity index (χ1v) is 9.16. The molecule has 96 valence electrons. The normalized spacial score (nSPS) is 11.7. The van der Waals surface area contributed by atoms with Crippen LogP contribution in [0.3, 0.4) is 0 Å². The summed E-state index contributed by atoms with van der Waals surface area (Å²) < 4.78 is 27.9. The van der Waals surface area contributed by atoms with Crippen LogP contribution in [-0.2, 0) is 10.0 Å². The Labute approximate surface area is 129 Å². The van der Waals surface area contributed by atoms with Gasteiger partial charge in [-0.1, -0.05) is 34.2 Å². The van der Waals surface area contributed by atoms with Gasteiger partial charge in [0.05, 0.1) is 9.92 Å². The zero-order valence-electron chi connectivity index (χ0n) is 8.92. The Kier molecular flexibility index (Phi) is 6.71. The zero-order chi connectivity index (χ0) is 12.9. The van der Waals surface area contributed by atoms with Crippen LogP contribution in [0.4, 0.5) is 0 Å². The van der Waals surface area contributed by atoms with Crippen LogP contribution in [0.2, 0.25) is 5.02 Å². The molecule has 0 aliphatic heterocycles. The van der Waals surface area contributed by atoms with E-state index in [-0.39, 0.29) is 4.90 Å². The summed E-state index contributed by atoms with van der Waals surface area (Å²) in [6.07, 6.45) is 1.85. The van der Waals surface area contributed by atoms with Gasteiger partial charge in [-0.3, -0.25) is 0 Å². The van der Waals surface area contributed by atoms with E-state index >= 15 is 0 Å². The van der Waals surface area contributed by atoms with E-state index in [1.165, 1.54) is 12.1 Å². The van der Waals surface area contributed by atoms with Gasteiger partial charge in [-0.2, -0.15) is 0 Å². The molecule has 7 heteroatoms. The summed E-state index contributed by atoms with van der Waals surface area (Å²) in [6, 6.07) is 4.56. The highest BCUT2D eigenvalue weighted by molar-refractivity contribution is 14.1. The molecule has 0 fully saturated rings. The minimum Gasteiger partial charge on any atom is -0.211 e. The molecule has 0 radical (unpaired) electrons. The van der Waals surface area contributed by atoms with Crippen molar-refractivity contribution in [3.05, 3.63) is 27.7 Å². The molecule has 0 aliphatic rings. The number of alkyl halides is 1. The molecule has 0 spiro atoms. The molecule has 0 heterocycles. The average molecular weight is 453 g/mol. The van der Waals surface area contributed by atoms with Crippen LogP contribution >= 0.6 is 50.1 Å². The Morgan fingerprint density at radius 2 is 2.06 bits per heavy atom. The Morgan fingerprint density at radius 1 is 1.35 bits per heavy atom. The molecule has 0 amide bonds. The lowest BCUT2D eigenvalue weighted by atomic mass is 10.3. The molecule has 0 aromatic heterocycles. The van der Waals surface area contributed by atoms with Crippen molar-refractivity contribution in [1.82, 2.24) is 4.72 Å². The van der Waals surface area contributed by atoms with Gasteiger partial charge in [0.15, 0.2) is 0 Å². The monoisotopic (exact) mass is 451 g/mol. The van der Waals surface area contributed by atoms with Crippen molar-refractivity contribution in [2.24, 2.45) is 0 Å². The Balaban J connectivity index is 2.72. The number of benzene rings is 1. The topological polar surface area (TPSA) is 46.2 Å². The lowest BCUT2D eigenvalue weighted by molar-refractivity contribution is 0.578. The third-order valence-electron chi connectivity index (χ3n) is 2.05. The van der Waals surface area contributed by atoms with E-state index in [2.05, 4.69) is 43.2 Å². The molecule has 1 N–H and O–H groups in total.